The molecule has 0 aliphatic carbocycles. The molecule has 7 rings (SSSR count). The van der Waals surface area contributed by atoms with Gasteiger partial charge in [-0.15, -0.1) is 0 Å². The first kappa shape index (κ1) is 33.7. The number of fused-ring (bicyclic) bond motifs is 1. The van der Waals surface area contributed by atoms with E-state index in [1.54, 1.807) is 18.3 Å². The van der Waals surface area contributed by atoms with Gasteiger partial charge in [0.25, 0.3) is 11.8 Å². The molecule has 9 heteroatoms. The van der Waals surface area contributed by atoms with Gasteiger partial charge in [0, 0.05) is 79.2 Å². The molecule has 4 aromatic carbocycles. The van der Waals surface area contributed by atoms with Crippen molar-refractivity contribution in [3.8, 4) is 0 Å². The van der Waals surface area contributed by atoms with E-state index in [4.69, 9.17) is 11.6 Å². The number of aromatic nitrogens is 1. The van der Waals surface area contributed by atoms with Crippen LogP contribution in [-0.4, -0.2) is 64.9 Å². The summed E-state index contributed by atoms with van der Waals surface area (Å²) in [5, 5.41) is 11.3. The second-order valence-corrected chi connectivity index (χ2v) is 13.9. The lowest BCUT2D eigenvalue weighted by molar-refractivity contribution is 0.0901. The Morgan fingerprint density at radius 3 is 1.78 bits per heavy atom. The number of halogens is 1. The van der Waals surface area contributed by atoms with Gasteiger partial charge in [-0.1, -0.05) is 72.3 Å². The van der Waals surface area contributed by atoms with Gasteiger partial charge in [-0.3, -0.25) is 24.4 Å². The third-order valence-corrected chi connectivity index (χ3v) is 10.1. The fraction of sp³-hybridized carbons (Fsp3) is 0.293. The lowest BCUT2D eigenvalue weighted by atomic mass is 10.0. The minimum absolute atomic E-state index is 0.0723. The molecule has 0 bridgehead atoms. The molecule has 2 fully saturated rings. The normalized spacial score (nSPS) is 16.3. The molecule has 0 atom stereocenters. The SMILES string of the molecule is O=C(NC1CCN(Cc2ccccc2)CC1)c1ccc(Nc2c(C(=O)NC3CCN(Cc4ccccc4)CC3)cnc3cc(Cl)ccc23)cc1. The maximum Gasteiger partial charge on any atom is 0.255 e. The van der Waals surface area contributed by atoms with E-state index in [0.29, 0.717) is 27.4 Å². The molecule has 50 heavy (non-hydrogen) atoms. The van der Waals surface area contributed by atoms with Crippen molar-refractivity contribution in [2.45, 2.75) is 50.9 Å². The van der Waals surface area contributed by atoms with E-state index in [2.05, 4.69) is 79.3 Å². The van der Waals surface area contributed by atoms with Gasteiger partial charge < -0.3 is 16.0 Å². The summed E-state index contributed by atoms with van der Waals surface area (Å²) in [5.74, 6) is -0.235. The van der Waals surface area contributed by atoms with Crippen LogP contribution in [0.15, 0.2) is 109 Å². The number of carbonyl (C=O) groups is 2. The Balaban J connectivity index is 0.979. The van der Waals surface area contributed by atoms with Gasteiger partial charge in [0.1, 0.15) is 0 Å². The summed E-state index contributed by atoms with van der Waals surface area (Å²) in [4.78, 5) is 36.4. The standard InChI is InChI=1S/C41H43ClN6O2/c42-32-13-16-36-38(25-32)43-26-37(41(50)46-35-19-23-48(24-20-35)28-30-9-5-2-6-10-30)39(36)44-33-14-11-31(12-15-33)40(49)45-34-17-21-47(22-18-34)27-29-7-3-1-4-8-29/h1-16,25-26,34-35H,17-24,27-28H2,(H,43,44)(H,45,49)(H,46,50). The molecule has 2 amide bonds. The number of carbonyl (C=O) groups excluding carboxylic acids is 2. The van der Waals surface area contributed by atoms with Gasteiger partial charge in [-0.25, -0.2) is 0 Å². The van der Waals surface area contributed by atoms with Crippen molar-refractivity contribution in [3.63, 3.8) is 0 Å². The number of rotatable bonds is 10. The second-order valence-electron chi connectivity index (χ2n) is 13.4. The van der Waals surface area contributed by atoms with Crippen LogP contribution in [0.4, 0.5) is 11.4 Å². The Morgan fingerprint density at radius 1 is 0.680 bits per heavy atom. The molecule has 3 heterocycles. The van der Waals surface area contributed by atoms with Crippen molar-refractivity contribution in [1.82, 2.24) is 25.4 Å². The molecular formula is C41H43ClN6O2. The van der Waals surface area contributed by atoms with Crippen LogP contribution in [0.25, 0.3) is 10.9 Å². The number of hydrogen-bond acceptors (Lipinski definition) is 6. The molecule has 5 aromatic rings. The Kier molecular flexibility index (Phi) is 10.7. The number of nitrogens with one attached hydrogen (secondary N) is 3. The van der Waals surface area contributed by atoms with Crippen LogP contribution in [0.2, 0.25) is 5.02 Å². The maximum absolute atomic E-state index is 13.8. The van der Waals surface area contributed by atoms with E-state index >= 15 is 0 Å². The molecule has 0 spiro atoms. The molecule has 1 aromatic heterocycles. The third kappa shape index (κ3) is 8.51. The van der Waals surface area contributed by atoms with Crippen LogP contribution < -0.4 is 16.0 Å². The molecule has 0 radical (unpaired) electrons. The number of amides is 2. The number of likely N-dealkylation sites (tertiary alicyclic amines) is 2. The average Bonchev–Trinajstić information content (AvgIpc) is 3.14. The highest BCUT2D eigenvalue weighted by Crippen LogP contribution is 2.31. The Labute approximate surface area is 298 Å². The third-order valence-electron chi connectivity index (χ3n) is 9.84. The Morgan fingerprint density at radius 2 is 1.22 bits per heavy atom. The zero-order chi connectivity index (χ0) is 34.3. The fourth-order valence-corrected chi connectivity index (χ4v) is 7.18. The summed E-state index contributed by atoms with van der Waals surface area (Å²) >= 11 is 6.30. The monoisotopic (exact) mass is 686 g/mol. The van der Waals surface area contributed by atoms with Crippen LogP contribution in [0, 0.1) is 0 Å². The maximum atomic E-state index is 13.8. The summed E-state index contributed by atoms with van der Waals surface area (Å²) in [6.07, 6.45) is 5.24. The van der Waals surface area contributed by atoms with Crippen molar-refractivity contribution in [1.29, 1.82) is 0 Å². The number of piperidine rings is 2. The predicted octanol–water partition coefficient (Wildman–Crippen LogP) is 7.42. The van der Waals surface area contributed by atoms with Gasteiger partial charge in [-0.2, -0.15) is 0 Å². The van der Waals surface area contributed by atoms with E-state index in [9.17, 15) is 9.59 Å². The molecule has 2 saturated heterocycles. The van der Waals surface area contributed by atoms with Crippen LogP contribution in [0.3, 0.4) is 0 Å². The molecule has 0 unspecified atom stereocenters. The summed E-state index contributed by atoms with van der Waals surface area (Å²) in [6.45, 7) is 5.61. The second kappa shape index (κ2) is 15.9. The highest BCUT2D eigenvalue weighted by Gasteiger charge is 2.24. The molecule has 0 saturated carbocycles. The number of anilines is 2. The van der Waals surface area contributed by atoms with Crippen molar-refractivity contribution >= 4 is 45.7 Å². The smallest absolute Gasteiger partial charge is 0.255 e. The van der Waals surface area contributed by atoms with E-state index < -0.39 is 0 Å². The topological polar surface area (TPSA) is 89.6 Å². The van der Waals surface area contributed by atoms with E-state index in [1.165, 1.54) is 11.1 Å². The van der Waals surface area contributed by atoms with Crippen molar-refractivity contribution < 1.29 is 9.59 Å². The molecule has 8 nitrogen and oxygen atoms in total. The lowest BCUT2D eigenvalue weighted by Crippen LogP contribution is -2.44. The minimum atomic E-state index is -0.163. The first-order valence-electron chi connectivity index (χ1n) is 17.6. The van der Waals surface area contributed by atoms with E-state index in [-0.39, 0.29) is 23.9 Å². The number of nitrogens with zero attached hydrogens (tertiary/aromatic N) is 3. The number of benzene rings is 4. The Hall–Kier alpha value is -4.76. The van der Waals surface area contributed by atoms with Gasteiger partial charge in [-0.05, 0) is 79.3 Å². The fourth-order valence-electron chi connectivity index (χ4n) is 7.01. The summed E-state index contributed by atoms with van der Waals surface area (Å²) in [5.41, 5.74) is 5.80. The Bertz CT molecular complexity index is 1910. The summed E-state index contributed by atoms with van der Waals surface area (Å²) in [6, 6.07) is 34.1. The van der Waals surface area contributed by atoms with Gasteiger partial charge in [0.2, 0.25) is 0 Å². The quantitative estimate of drug-likeness (QED) is 0.142. The lowest BCUT2D eigenvalue weighted by Gasteiger charge is -2.32. The number of hydrogen-bond donors (Lipinski definition) is 3. The van der Waals surface area contributed by atoms with Crippen LogP contribution in [0.5, 0.6) is 0 Å². The average molecular weight is 687 g/mol. The molecular weight excluding hydrogens is 644 g/mol. The molecule has 256 valence electrons. The largest absolute Gasteiger partial charge is 0.354 e. The molecule has 2 aliphatic heterocycles. The highest BCUT2D eigenvalue weighted by atomic mass is 35.5. The summed E-state index contributed by atoms with van der Waals surface area (Å²) in [7, 11) is 0. The van der Waals surface area contributed by atoms with Crippen molar-refractivity contribution in [3.05, 3.63) is 137 Å². The molecule has 2 aliphatic rings. The van der Waals surface area contributed by atoms with E-state index in [1.807, 2.05) is 42.5 Å². The van der Waals surface area contributed by atoms with Gasteiger partial charge >= 0.3 is 0 Å². The van der Waals surface area contributed by atoms with Gasteiger partial charge in [0.05, 0.1) is 16.8 Å². The highest BCUT2D eigenvalue weighted by molar-refractivity contribution is 6.31. The summed E-state index contributed by atoms with van der Waals surface area (Å²) < 4.78 is 0. The van der Waals surface area contributed by atoms with Crippen LogP contribution in [0.1, 0.15) is 57.5 Å². The minimum Gasteiger partial charge on any atom is -0.354 e. The first-order valence-corrected chi connectivity index (χ1v) is 17.9. The van der Waals surface area contributed by atoms with Crippen LogP contribution in [-0.2, 0) is 13.1 Å². The zero-order valence-electron chi connectivity index (χ0n) is 28.2. The first-order chi connectivity index (χ1) is 24.5. The van der Waals surface area contributed by atoms with Crippen LogP contribution >= 0.6 is 11.6 Å². The molecule has 3 N–H and O–H groups in total. The van der Waals surface area contributed by atoms with E-state index in [0.717, 1.165) is 76.0 Å². The van der Waals surface area contributed by atoms with Gasteiger partial charge in [0.15, 0.2) is 0 Å². The van der Waals surface area contributed by atoms with Crippen molar-refractivity contribution in [2.24, 2.45) is 0 Å². The predicted molar refractivity (Wildman–Crippen MR) is 201 cm³/mol. The van der Waals surface area contributed by atoms with Crippen molar-refractivity contribution in [2.75, 3.05) is 31.5 Å². The zero-order valence-corrected chi connectivity index (χ0v) is 28.9. The number of pyridine rings is 1.